The Labute approximate surface area is 99.4 Å². The summed E-state index contributed by atoms with van der Waals surface area (Å²) in [5.41, 5.74) is 0.193. The van der Waals surface area contributed by atoms with Crippen molar-refractivity contribution in [1.29, 1.82) is 0 Å². The highest BCUT2D eigenvalue weighted by Gasteiger charge is 2.28. The maximum Gasteiger partial charge on any atom is 0.234 e. The van der Waals surface area contributed by atoms with Crippen LogP contribution in [0.5, 0.6) is 0 Å². The van der Waals surface area contributed by atoms with E-state index in [1.807, 2.05) is 0 Å². The van der Waals surface area contributed by atoms with Gasteiger partial charge >= 0.3 is 0 Å². The van der Waals surface area contributed by atoms with Crippen LogP contribution in [0, 0.1) is 5.92 Å². The van der Waals surface area contributed by atoms with Crippen molar-refractivity contribution in [1.82, 2.24) is 10.6 Å². The lowest BCUT2D eigenvalue weighted by atomic mass is 10.0. The van der Waals surface area contributed by atoms with Crippen molar-refractivity contribution in [3.8, 4) is 0 Å². The van der Waals surface area contributed by atoms with Gasteiger partial charge in [-0.25, -0.2) is 0 Å². The van der Waals surface area contributed by atoms with Gasteiger partial charge in [0.2, 0.25) is 5.91 Å². The molecule has 0 heterocycles. The quantitative estimate of drug-likeness (QED) is 0.753. The van der Waals surface area contributed by atoms with Gasteiger partial charge < -0.3 is 10.6 Å². The normalized spacial score (nSPS) is 21.1. The number of carbonyl (C=O) groups is 1. The van der Waals surface area contributed by atoms with Crippen LogP contribution in [-0.2, 0) is 4.79 Å². The van der Waals surface area contributed by atoms with E-state index in [1.165, 1.54) is 25.7 Å². The van der Waals surface area contributed by atoms with Gasteiger partial charge in [-0.1, -0.05) is 26.7 Å². The number of hydrogen-bond acceptors (Lipinski definition) is 2. The summed E-state index contributed by atoms with van der Waals surface area (Å²) in [4.78, 5) is 11.7. The van der Waals surface area contributed by atoms with E-state index in [9.17, 15) is 4.79 Å². The SMILES string of the molecule is CC(C)C(C)NC(=O)CNC1(C)CCCC1. The van der Waals surface area contributed by atoms with Crippen LogP contribution in [0.1, 0.15) is 53.4 Å². The molecule has 1 amide bonds. The van der Waals surface area contributed by atoms with E-state index in [4.69, 9.17) is 0 Å². The van der Waals surface area contributed by atoms with Crippen LogP contribution in [-0.4, -0.2) is 24.0 Å². The average molecular weight is 226 g/mol. The van der Waals surface area contributed by atoms with Crippen molar-refractivity contribution >= 4 is 5.91 Å². The number of amides is 1. The van der Waals surface area contributed by atoms with E-state index in [2.05, 4.69) is 38.3 Å². The van der Waals surface area contributed by atoms with Crippen LogP contribution < -0.4 is 10.6 Å². The molecule has 16 heavy (non-hydrogen) atoms. The predicted octanol–water partition coefficient (Wildman–Crippen LogP) is 2.07. The topological polar surface area (TPSA) is 41.1 Å². The van der Waals surface area contributed by atoms with Crippen molar-refractivity contribution in [2.75, 3.05) is 6.54 Å². The first-order valence-corrected chi connectivity index (χ1v) is 6.47. The minimum Gasteiger partial charge on any atom is -0.352 e. The third kappa shape index (κ3) is 4.12. The molecule has 3 heteroatoms. The van der Waals surface area contributed by atoms with Crippen molar-refractivity contribution in [3.05, 3.63) is 0 Å². The Balaban J connectivity index is 2.24. The van der Waals surface area contributed by atoms with Gasteiger partial charge in [-0.2, -0.15) is 0 Å². The molecule has 2 N–H and O–H groups in total. The highest BCUT2D eigenvalue weighted by Crippen LogP contribution is 2.28. The lowest BCUT2D eigenvalue weighted by molar-refractivity contribution is -0.121. The van der Waals surface area contributed by atoms with Gasteiger partial charge in [-0.3, -0.25) is 4.79 Å². The van der Waals surface area contributed by atoms with Crippen LogP contribution in [0.25, 0.3) is 0 Å². The number of hydrogen-bond donors (Lipinski definition) is 2. The Morgan fingerprint density at radius 3 is 2.31 bits per heavy atom. The molecule has 1 unspecified atom stereocenters. The molecular weight excluding hydrogens is 200 g/mol. The summed E-state index contributed by atoms with van der Waals surface area (Å²) in [6.07, 6.45) is 4.96. The second-order valence-electron chi connectivity index (χ2n) is 5.72. The molecule has 94 valence electrons. The summed E-state index contributed by atoms with van der Waals surface area (Å²) in [5, 5.41) is 6.41. The van der Waals surface area contributed by atoms with Gasteiger partial charge in [0, 0.05) is 11.6 Å². The summed E-state index contributed by atoms with van der Waals surface area (Å²) in [5.74, 6) is 0.611. The second-order valence-corrected chi connectivity index (χ2v) is 5.72. The van der Waals surface area contributed by atoms with Crippen LogP contribution >= 0.6 is 0 Å². The molecule has 1 rings (SSSR count). The molecule has 1 fully saturated rings. The van der Waals surface area contributed by atoms with Crippen LogP contribution in [0.2, 0.25) is 0 Å². The molecule has 1 atom stereocenters. The van der Waals surface area contributed by atoms with Crippen LogP contribution in [0.3, 0.4) is 0 Å². The summed E-state index contributed by atoms with van der Waals surface area (Å²) in [6, 6.07) is 0.255. The first-order chi connectivity index (χ1) is 7.43. The zero-order chi connectivity index (χ0) is 12.2. The summed E-state index contributed by atoms with van der Waals surface area (Å²) in [7, 11) is 0. The third-order valence-electron chi connectivity index (χ3n) is 3.77. The fourth-order valence-corrected chi connectivity index (χ4v) is 2.10. The van der Waals surface area contributed by atoms with Gasteiger partial charge in [0.15, 0.2) is 0 Å². The van der Waals surface area contributed by atoms with Crippen molar-refractivity contribution in [3.63, 3.8) is 0 Å². The largest absolute Gasteiger partial charge is 0.352 e. The second kappa shape index (κ2) is 5.67. The Hall–Kier alpha value is -0.570. The van der Waals surface area contributed by atoms with Crippen LogP contribution in [0.4, 0.5) is 0 Å². The summed E-state index contributed by atoms with van der Waals surface area (Å²) in [6.45, 7) is 8.97. The molecule has 0 aromatic carbocycles. The van der Waals surface area contributed by atoms with Gasteiger partial charge in [0.1, 0.15) is 0 Å². The first kappa shape index (κ1) is 13.5. The molecule has 0 aliphatic heterocycles. The fourth-order valence-electron chi connectivity index (χ4n) is 2.10. The Bertz CT molecular complexity index is 232. The predicted molar refractivity (Wildman–Crippen MR) is 67.3 cm³/mol. The van der Waals surface area contributed by atoms with Gasteiger partial charge in [-0.05, 0) is 32.6 Å². The highest BCUT2D eigenvalue weighted by atomic mass is 16.2. The molecule has 0 bridgehead atoms. The minimum absolute atomic E-state index is 0.120. The monoisotopic (exact) mass is 226 g/mol. The number of rotatable bonds is 5. The van der Waals surface area contributed by atoms with Crippen molar-refractivity contribution in [2.24, 2.45) is 5.92 Å². The van der Waals surface area contributed by atoms with E-state index >= 15 is 0 Å². The fraction of sp³-hybridized carbons (Fsp3) is 0.923. The Kier molecular flexibility index (Phi) is 4.78. The summed E-state index contributed by atoms with van der Waals surface area (Å²) >= 11 is 0. The van der Waals surface area contributed by atoms with E-state index in [1.54, 1.807) is 0 Å². The molecule has 1 aliphatic carbocycles. The molecule has 3 nitrogen and oxygen atoms in total. The molecule has 1 aliphatic rings. The molecule has 0 saturated heterocycles. The zero-order valence-corrected chi connectivity index (χ0v) is 11.1. The minimum atomic E-state index is 0.120. The standard InChI is InChI=1S/C13H26N2O/c1-10(2)11(3)15-12(16)9-14-13(4)7-5-6-8-13/h10-11,14H,5-9H2,1-4H3,(H,15,16). The van der Waals surface area contributed by atoms with Gasteiger partial charge in [0.05, 0.1) is 6.54 Å². The zero-order valence-electron chi connectivity index (χ0n) is 11.1. The average Bonchev–Trinajstić information content (AvgIpc) is 2.63. The third-order valence-corrected chi connectivity index (χ3v) is 3.77. The van der Waals surface area contributed by atoms with Crippen LogP contribution in [0.15, 0.2) is 0 Å². The molecule has 1 saturated carbocycles. The molecule has 0 spiro atoms. The maximum atomic E-state index is 11.7. The van der Waals surface area contributed by atoms with Gasteiger partial charge in [-0.15, -0.1) is 0 Å². The summed E-state index contributed by atoms with van der Waals surface area (Å²) < 4.78 is 0. The van der Waals surface area contributed by atoms with E-state index in [-0.39, 0.29) is 17.5 Å². The van der Waals surface area contributed by atoms with Gasteiger partial charge in [0.25, 0.3) is 0 Å². The molecule has 0 aromatic rings. The Morgan fingerprint density at radius 2 is 1.81 bits per heavy atom. The molecule has 0 radical (unpaired) electrons. The highest BCUT2D eigenvalue weighted by molar-refractivity contribution is 5.78. The Morgan fingerprint density at radius 1 is 1.25 bits per heavy atom. The first-order valence-electron chi connectivity index (χ1n) is 6.47. The molecule has 0 aromatic heterocycles. The van der Waals surface area contributed by atoms with E-state index in [0.29, 0.717) is 12.5 Å². The van der Waals surface area contributed by atoms with E-state index < -0.39 is 0 Å². The lowest BCUT2D eigenvalue weighted by Crippen LogP contribution is -2.47. The van der Waals surface area contributed by atoms with Crippen molar-refractivity contribution < 1.29 is 4.79 Å². The maximum absolute atomic E-state index is 11.7. The smallest absolute Gasteiger partial charge is 0.234 e. The molecular formula is C13H26N2O. The lowest BCUT2D eigenvalue weighted by Gasteiger charge is -2.26. The number of nitrogens with one attached hydrogen (secondary N) is 2. The van der Waals surface area contributed by atoms with Crippen molar-refractivity contribution in [2.45, 2.75) is 65.0 Å². The van der Waals surface area contributed by atoms with E-state index in [0.717, 1.165) is 0 Å². The number of carbonyl (C=O) groups excluding carboxylic acids is 1.